The fourth-order valence-electron chi connectivity index (χ4n) is 3.76. The molecule has 3 unspecified atom stereocenters. The van der Waals surface area contributed by atoms with Gasteiger partial charge in [0.1, 0.15) is 0 Å². The summed E-state index contributed by atoms with van der Waals surface area (Å²) in [6.07, 6.45) is 7.76. The van der Waals surface area contributed by atoms with E-state index >= 15 is 0 Å². The van der Waals surface area contributed by atoms with Crippen LogP contribution in [0.3, 0.4) is 0 Å². The van der Waals surface area contributed by atoms with Gasteiger partial charge in [-0.25, -0.2) is 0 Å². The molecule has 0 radical (unpaired) electrons. The van der Waals surface area contributed by atoms with Gasteiger partial charge in [-0.2, -0.15) is 0 Å². The van der Waals surface area contributed by atoms with Crippen molar-refractivity contribution in [2.75, 3.05) is 6.54 Å². The molecule has 18 heavy (non-hydrogen) atoms. The van der Waals surface area contributed by atoms with E-state index in [4.69, 9.17) is 0 Å². The molecule has 0 aromatic rings. The number of fused-ring (bicyclic) bond motifs is 1. The number of carbonyl (C=O) groups excluding carboxylic acids is 1. The van der Waals surface area contributed by atoms with Crippen LogP contribution in [0.5, 0.6) is 0 Å². The van der Waals surface area contributed by atoms with Crippen molar-refractivity contribution in [3.63, 3.8) is 0 Å². The molecule has 0 spiro atoms. The maximum atomic E-state index is 12.1. The topological polar surface area (TPSA) is 61.4 Å². The standard InChI is InChI=1S/C14H24N2O2/c17-11-5-9(6-11)8-15-14(18)13-7-10-3-1-2-4-12(10)16-13/h9-13,16-17H,1-8H2,(H,15,18). The van der Waals surface area contributed by atoms with Gasteiger partial charge < -0.3 is 15.7 Å². The number of amides is 1. The highest BCUT2D eigenvalue weighted by Gasteiger charge is 2.38. The van der Waals surface area contributed by atoms with E-state index in [1.165, 1.54) is 25.7 Å². The number of carbonyl (C=O) groups is 1. The summed E-state index contributed by atoms with van der Waals surface area (Å²) in [6.45, 7) is 0.739. The molecule has 2 aliphatic carbocycles. The Morgan fingerprint density at radius 1 is 1.22 bits per heavy atom. The maximum absolute atomic E-state index is 12.1. The average Bonchev–Trinajstić information content (AvgIpc) is 2.76. The van der Waals surface area contributed by atoms with E-state index in [9.17, 15) is 9.90 Å². The summed E-state index contributed by atoms with van der Waals surface area (Å²) in [5, 5.41) is 15.8. The number of aliphatic hydroxyl groups is 1. The predicted octanol–water partition coefficient (Wildman–Crippen LogP) is 0.794. The van der Waals surface area contributed by atoms with Crippen LogP contribution < -0.4 is 10.6 Å². The van der Waals surface area contributed by atoms with Gasteiger partial charge in [0, 0.05) is 12.6 Å². The zero-order valence-corrected chi connectivity index (χ0v) is 10.9. The van der Waals surface area contributed by atoms with Gasteiger partial charge in [0.25, 0.3) is 0 Å². The van der Waals surface area contributed by atoms with Crippen molar-refractivity contribution >= 4 is 5.91 Å². The van der Waals surface area contributed by atoms with E-state index in [1.54, 1.807) is 0 Å². The quantitative estimate of drug-likeness (QED) is 0.696. The van der Waals surface area contributed by atoms with Gasteiger partial charge in [0.15, 0.2) is 0 Å². The molecule has 4 nitrogen and oxygen atoms in total. The summed E-state index contributed by atoms with van der Waals surface area (Å²) < 4.78 is 0. The maximum Gasteiger partial charge on any atom is 0.237 e. The smallest absolute Gasteiger partial charge is 0.237 e. The van der Waals surface area contributed by atoms with Crippen molar-refractivity contribution < 1.29 is 9.90 Å². The molecule has 1 amide bonds. The van der Waals surface area contributed by atoms with Crippen LogP contribution in [0, 0.1) is 11.8 Å². The summed E-state index contributed by atoms with van der Waals surface area (Å²) in [4.78, 5) is 12.1. The van der Waals surface area contributed by atoms with Crippen molar-refractivity contribution in [1.82, 2.24) is 10.6 Å². The van der Waals surface area contributed by atoms with Gasteiger partial charge in [0.05, 0.1) is 12.1 Å². The zero-order valence-electron chi connectivity index (χ0n) is 10.9. The minimum absolute atomic E-state index is 0.0306. The lowest BCUT2D eigenvalue weighted by atomic mass is 9.82. The Kier molecular flexibility index (Phi) is 3.57. The van der Waals surface area contributed by atoms with Crippen LogP contribution in [-0.4, -0.2) is 35.7 Å². The molecular weight excluding hydrogens is 228 g/mol. The predicted molar refractivity (Wildman–Crippen MR) is 69.0 cm³/mol. The van der Waals surface area contributed by atoms with Crippen LogP contribution in [-0.2, 0) is 4.79 Å². The molecule has 3 atom stereocenters. The van der Waals surface area contributed by atoms with Crippen LogP contribution in [0.25, 0.3) is 0 Å². The minimum Gasteiger partial charge on any atom is -0.393 e. The van der Waals surface area contributed by atoms with E-state index in [0.717, 1.165) is 31.7 Å². The summed E-state index contributed by atoms with van der Waals surface area (Å²) >= 11 is 0. The molecule has 3 aliphatic rings. The lowest BCUT2D eigenvalue weighted by Crippen LogP contribution is -2.46. The zero-order chi connectivity index (χ0) is 12.5. The van der Waals surface area contributed by atoms with Crippen LogP contribution in [0.4, 0.5) is 0 Å². The Balaban J connectivity index is 1.42. The Morgan fingerprint density at radius 2 is 2.00 bits per heavy atom. The number of hydrogen-bond acceptors (Lipinski definition) is 3. The number of aliphatic hydroxyl groups excluding tert-OH is 1. The second kappa shape index (κ2) is 5.17. The summed E-state index contributed by atoms with van der Waals surface area (Å²) in [5.74, 6) is 1.39. The average molecular weight is 252 g/mol. The third-order valence-corrected chi connectivity index (χ3v) is 4.96. The van der Waals surface area contributed by atoms with Crippen molar-refractivity contribution in [3.8, 4) is 0 Å². The first-order valence-electron chi connectivity index (χ1n) is 7.44. The van der Waals surface area contributed by atoms with Crippen LogP contribution in [0.2, 0.25) is 0 Å². The lowest BCUT2D eigenvalue weighted by Gasteiger charge is -2.31. The van der Waals surface area contributed by atoms with Crippen molar-refractivity contribution in [2.45, 2.75) is 63.1 Å². The first-order valence-corrected chi connectivity index (χ1v) is 7.44. The molecule has 102 valence electrons. The second-order valence-corrected chi connectivity index (χ2v) is 6.34. The van der Waals surface area contributed by atoms with Crippen LogP contribution in [0.1, 0.15) is 44.9 Å². The fraction of sp³-hybridized carbons (Fsp3) is 0.929. The van der Waals surface area contributed by atoms with E-state index in [-0.39, 0.29) is 18.1 Å². The molecule has 0 aromatic carbocycles. The molecule has 4 heteroatoms. The fourth-order valence-corrected chi connectivity index (χ4v) is 3.76. The van der Waals surface area contributed by atoms with E-state index in [0.29, 0.717) is 12.0 Å². The Labute approximate surface area is 109 Å². The largest absolute Gasteiger partial charge is 0.393 e. The molecule has 0 aromatic heterocycles. The van der Waals surface area contributed by atoms with Gasteiger partial charge >= 0.3 is 0 Å². The molecule has 1 heterocycles. The van der Waals surface area contributed by atoms with Gasteiger partial charge in [-0.3, -0.25) is 4.79 Å². The number of nitrogens with one attached hydrogen (secondary N) is 2. The molecule has 2 saturated carbocycles. The monoisotopic (exact) mass is 252 g/mol. The highest BCUT2D eigenvalue weighted by atomic mass is 16.3. The first-order chi connectivity index (χ1) is 8.72. The normalized spacial score (nSPS) is 43.1. The highest BCUT2D eigenvalue weighted by Crippen LogP contribution is 2.33. The first kappa shape index (κ1) is 12.4. The molecule has 0 bridgehead atoms. The van der Waals surface area contributed by atoms with Crippen molar-refractivity contribution in [3.05, 3.63) is 0 Å². The lowest BCUT2D eigenvalue weighted by molar-refractivity contribution is -0.123. The van der Waals surface area contributed by atoms with E-state index < -0.39 is 0 Å². The Hall–Kier alpha value is -0.610. The van der Waals surface area contributed by atoms with Gasteiger partial charge in [-0.1, -0.05) is 12.8 Å². The summed E-state index contributed by atoms with van der Waals surface area (Å²) in [6, 6.07) is 0.614. The highest BCUT2D eigenvalue weighted by molar-refractivity contribution is 5.82. The SMILES string of the molecule is O=C(NCC1CC(O)C1)C1CC2CCCCC2N1. The Bertz CT molecular complexity index is 301. The molecule has 3 fully saturated rings. The summed E-state index contributed by atoms with van der Waals surface area (Å²) in [5.41, 5.74) is 0. The number of hydrogen-bond donors (Lipinski definition) is 3. The molecule has 1 aliphatic heterocycles. The van der Waals surface area contributed by atoms with Crippen LogP contribution >= 0.6 is 0 Å². The minimum atomic E-state index is -0.126. The van der Waals surface area contributed by atoms with Gasteiger partial charge in [-0.15, -0.1) is 0 Å². The number of rotatable bonds is 3. The molecular formula is C14H24N2O2. The van der Waals surface area contributed by atoms with Gasteiger partial charge in [0.2, 0.25) is 5.91 Å². The third kappa shape index (κ3) is 2.54. The third-order valence-electron chi connectivity index (χ3n) is 4.96. The van der Waals surface area contributed by atoms with Gasteiger partial charge in [-0.05, 0) is 43.9 Å². The van der Waals surface area contributed by atoms with Crippen molar-refractivity contribution in [2.24, 2.45) is 11.8 Å². The van der Waals surface area contributed by atoms with E-state index in [1.807, 2.05) is 0 Å². The Morgan fingerprint density at radius 3 is 2.72 bits per heavy atom. The van der Waals surface area contributed by atoms with Crippen LogP contribution in [0.15, 0.2) is 0 Å². The van der Waals surface area contributed by atoms with E-state index in [2.05, 4.69) is 10.6 Å². The molecule has 1 saturated heterocycles. The molecule has 3 N–H and O–H groups in total. The summed E-state index contributed by atoms with van der Waals surface area (Å²) in [7, 11) is 0. The molecule has 3 rings (SSSR count). The second-order valence-electron chi connectivity index (χ2n) is 6.34. The van der Waals surface area contributed by atoms with Crippen molar-refractivity contribution in [1.29, 1.82) is 0 Å².